The summed E-state index contributed by atoms with van der Waals surface area (Å²) >= 11 is 0. The molecule has 0 aromatic heterocycles. The summed E-state index contributed by atoms with van der Waals surface area (Å²) in [5.41, 5.74) is 1.38. The highest BCUT2D eigenvalue weighted by Crippen LogP contribution is 2.26. The smallest absolute Gasteiger partial charge is 0.311 e. The molecule has 1 unspecified atom stereocenters. The highest BCUT2D eigenvalue weighted by molar-refractivity contribution is 5.99. The van der Waals surface area contributed by atoms with Crippen molar-refractivity contribution < 1.29 is 19.1 Å². The number of amides is 2. The Balaban J connectivity index is 2.06. The minimum Gasteiger partial charge on any atom is -0.466 e. The van der Waals surface area contributed by atoms with Gasteiger partial charge in [-0.2, -0.15) is 0 Å². The van der Waals surface area contributed by atoms with Crippen LogP contribution < -0.4 is 10.2 Å². The zero-order chi connectivity index (χ0) is 15.4. The first-order valence-electron chi connectivity index (χ1n) is 6.86. The minimum absolute atomic E-state index is 0.0969. The molecule has 112 valence electrons. The molecule has 6 nitrogen and oxygen atoms in total. The van der Waals surface area contributed by atoms with Gasteiger partial charge in [-0.25, -0.2) is 0 Å². The lowest BCUT2D eigenvalue weighted by Gasteiger charge is -2.17. The summed E-state index contributed by atoms with van der Waals surface area (Å²) in [4.78, 5) is 36.2. The van der Waals surface area contributed by atoms with E-state index in [9.17, 15) is 14.4 Å². The number of nitrogens with one attached hydrogen (secondary N) is 1. The van der Waals surface area contributed by atoms with Gasteiger partial charge in [-0.05, 0) is 31.2 Å². The van der Waals surface area contributed by atoms with Crippen LogP contribution in [0.25, 0.3) is 0 Å². The number of hydrogen-bond donors (Lipinski definition) is 1. The molecule has 1 N–H and O–H groups in total. The first-order chi connectivity index (χ1) is 10.0. The summed E-state index contributed by atoms with van der Waals surface area (Å²) in [5, 5.41) is 2.66. The van der Waals surface area contributed by atoms with E-state index in [2.05, 4.69) is 5.32 Å². The van der Waals surface area contributed by atoms with Crippen molar-refractivity contribution in [3.63, 3.8) is 0 Å². The number of benzene rings is 1. The van der Waals surface area contributed by atoms with E-state index >= 15 is 0 Å². The van der Waals surface area contributed by atoms with Crippen LogP contribution in [0.2, 0.25) is 0 Å². The van der Waals surface area contributed by atoms with Gasteiger partial charge < -0.3 is 15.0 Å². The number of nitrogens with zero attached hydrogens (tertiary/aromatic N) is 1. The Bertz CT molecular complexity index is 553. The summed E-state index contributed by atoms with van der Waals surface area (Å²) in [6.45, 7) is 3.82. The van der Waals surface area contributed by atoms with E-state index in [0.29, 0.717) is 24.5 Å². The van der Waals surface area contributed by atoms with Gasteiger partial charge in [0.2, 0.25) is 11.8 Å². The number of hydrogen-bond acceptors (Lipinski definition) is 4. The molecule has 6 heteroatoms. The van der Waals surface area contributed by atoms with E-state index in [-0.39, 0.29) is 24.2 Å². The van der Waals surface area contributed by atoms with E-state index in [4.69, 9.17) is 4.74 Å². The van der Waals surface area contributed by atoms with Crippen LogP contribution in [0.3, 0.4) is 0 Å². The molecule has 1 aromatic carbocycles. The molecule has 1 aliphatic heterocycles. The highest BCUT2D eigenvalue weighted by Gasteiger charge is 2.35. The first kappa shape index (κ1) is 15.0. The third-order valence-corrected chi connectivity index (χ3v) is 3.24. The quantitative estimate of drug-likeness (QED) is 0.854. The Morgan fingerprint density at radius 3 is 2.57 bits per heavy atom. The van der Waals surface area contributed by atoms with Crippen LogP contribution in [0.4, 0.5) is 11.4 Å². The van der Waals surface area contributed by atoms with Crippen LogP contribution in [-0.4, -0.2) is 30.9 Å². The summed E-state index contributed by atoms with van der Waals surface area (Å²) < 4.78 is 4.96. The average Bonchev–Trinajstić information content (AvgIpc) is 2.81. The normalized spacial score (nSPS) is 17.7. The van der Waals surface area contributed by atoms with Crippen LogP contribution in [0, 0.1) is 5.92 Å². The van der Waals surface area contributed by atoms with E-state index in [1.165, 1.54) is 6.92 Å². The van der Waals surface area contributed by atoms with Gasteiger partial charge in [-0.1, -0.05) is 0 Å². The summed E-state index contributed by atoms with van der Waals surface area (Å²) in [7, 11) is 0. The van der Waals surface area contributed by atoms with Gasteiger partial charge in [0.15, 0.2) is 0 Å². The second-order valence-electron chi connectivity index (χ2n) is 4.89. The van der Waals surface area contributed by atoms with Gasteiger partial charge in [-0.15, -0.1) is 0 Å². The molecule has 0 saturated carbocycles. The molecule has 1 saturated heterocycles. The van der Waals surface area contributed by atoms with E-state index in [0.717, 1.165) is 0 Å². The van der Waals surface area contributed by atoms with Crippen molar-refractivity contribution in [2.75, 3.05) is 23.4 Å². The Hall–Kier alpha value is -2.37. The lowest BCUT2D eigenvalue weighted by atomic mass is 10.1. The molecular formula is C15H18N2O4. The van der Waals surface area contributed by atoms with Gasteiger partial charge in [0.05, 0.1) is 12.5 Å². The van der Waals surface area contributed by atoms with Crippen molar-refractivity contribution >= 4 is 29.2 Å². The molecular weight excluding hydrogens is 272 g/mol. The largest absolute Gasteiger partial charge is 0.466 e. The molecule has 1 aliphatic rings. The SMILES string of the molecule is CCOC(=O)C1CC(=O)N(c2ccc(NC(C)=O)cc2)C1. The van der Waals surface area contributed by atoms with Gasteiger partial charge in [0.25, 0.3) is 0 Å². The van der Waals surface area contributed by atoms with Crippen LogP contribution in [-0.2, 0) is 19.1 Å². The number of ether oxygens (including phenoxy) is 1. The van der Waals surface area contributed by atoms with Gasteiger partial charge >= 0.3 is 5.97 Å². The Morgan fingerprint density at radius 2 is 2.00 bits per heavy atom. The predicted molar refractivity (Wildman–Crippen MR) is 77.8 cm³/mol. The van der Waals surface area contributed by atoms with Crippen molar-refractivity contribution in [2.24, 2.45) is 5.92 Å². The second-order valence-corrected chi connectivity index (χ2v) is 4.89. The van der Waals surface area contributed by atoms with Crippen molar-refractivity contribution in [2.45, 2.75) is 20.3 Å². The highest BCUT2D eigenvalue weighted by atomic mass is 16.5. The molecule has 1 heterocycles. The molecule has 2 rings (SSSR count). The lowest BCUT2D eigenvalue weighted by Crippen LogP contribution is -2.26. The fourth-order valence-electron chi connectivity index (χ4n) is 2.30. The van der Waals surface area contributed by atoms with Crippen molar-refractivity contribution in [1.29, 1.82) is 0 Å². The van der Waals surface area contributed by atoms with E-state index in [1.807, 2.05) is 0 Å². The standard InChI is InChI=1S/C15H18N2O4/c1-3-21-15(20)11-8-14(19)17(9-11)13-6-4-12(5-7-13)16-10(2)18/h4-7,11H,3,8-9H2,1-2H3,(H,16,18). The molecule has 0 aliphatic carbocycles. The topological polar surface area (TPSA) is 75.7 Å². The average molecular weight is 290 g/mol. The molecule has 0 spiro atoms. The monoisotopic (exact) mass is 290 g/mol. The maximum atomic E-state index is 12.0. The van der Waals surface area contributed by atoms with E-state index < -0.39 is 5.92 Å². The zero-order valence-electron chi connectivity index (χ0n) is 12.1. The van der Waals surface area contributed by atoms with Crippen LogP contribution in [0.1, 0.15) is 20.3 Å². The fraction of sp³-hybridized carbons (Fsp3) is 0.400. The Kier molecular flexibility index (Phi) is 4.57. The molecule has 1 aromatic rings. The third-order valence-electron chi connectivity index (χ3n) is 3.24. The van der Waals surface area contributed by atoms with Gasteiger partial charge in [0, 0.05) is 31.3 Å². The number of anilines is 2. The van der Waals surface area contributed by atoms with Crippen molar-refractivity contribution in [3.05, 3.63) is 24.3 Å². The molecule has 1 atom stereocenters. The Labute approximate surface area is 123 Å². The van der Waals surface area contributed by atoms with Crippen LogP contribution in [0.5, 0.6) is 0 Å². The number of esters is 1. The zero-order valence-corrected chi connectivity index (χ0v) is 12.1. The molecule has 1 fully saturated rings. The lowest BCUT2D eigenvalue weighted by molar-refractivity contribution is -0.147. The van der Waals surface area contributed by atoms with E-state index in [1.54, 1.807) is 36.1 Å². The Morgan fingerprint density at radius 1 is 1.33 bits per heavy atom. The molecule has 2 amide bonds. The fourth-order valence-corrected chi connectivity index (χ4v) is 2.30. The summed E-state index contributed by atoms with van der Waals surface area (Å²) in [6, 6.07) is 6.94. The van der Waals surface area contributed by atoms with Crippen molar-refractivity contribution in [3.8, 4) is 0 Å². The number of carbonyl (C=O) groups excluding carboxylic acids is 3. The minimum atomic E-state index is -0.410. The molecule has 21 heavy (non-hydrogen) atoms. The van der Waals surface area contributed by atoms with Gasteiger partial charge in [0.1, 0.15) is 0 Å². The second kappa shape index (κ2) is 6.39. The summed E-state index contributed by atoms with van der Waals surface area (Å²) in [5.74, 6) is -0.988. The van der Waals surface area contributed by atoms with Gasteiger partial charge in [-0.3, -0.25) is 14.4 Å². The number of carbonyl (C=O) groups is 3. The molecule has 0 radical (unpaired) electrons. The van der Waals surface area contributed by atoms with Crippen LogP contribution in [0.15, 0.2) is 24.3 Å². The third kappa shape index (κ3) is 3.59. The maximum absolute atomic E-state index is 12.0. The molecule has 0 bridgehead atoms. The predicted octanol–water partition coefficient (Wildman–Crippen LogP) is 1.56. The van der Waals surface area contributed by atoms with Crippen LogP contribution >= 0.6 is 0 Å². The number of rotatable bonds is 4. The summed E-state index contributed by atoms with van der Waals surface area (Å²) in [6.07, 6.45) is 0.173. The maximum Gasteiger partial charge on any atom is 0.311 e. The van der Waals surface area contributed by atoms with Crippen molar-refractivity contribution in [1.82, 2.24) is 0 Å². The first-order valence-corrected chi connectivity index (χ1v) is 6.86.